The van der Waals surface area contributed by atoms with Gasteiger partial charge in [0.25, 0.3) is 5.91 Å². The highest BCUT2D eigenvalue weighted by atomic mass is 32.1. The number of carbonyl (C=O) groups excluding carboxylic acids is 1. The highest BCUT2D eigenvalue weighted by Crippen LogP contribution is 2.24. The number of nitrogens with one attached hydrogen (secondary N) is 1. The van der Waals surface area contributed by atoms with Crippen molar-refractivity contribution in [2.75, 3.05) is 5.32 Å². The Bertz CT molecular complexity index is 661. The van der Waals surface area contributed by atoms with Crippen LogP contribution >= 0.6 is 11.3 Å². The van der Waals surface area contributed by atoms with Gasteiger partial charge in [0.1, 0.15) is 0 Å². The molecule has 3 rings (SSSR count). The fourth-order valence-electron chi connectivity index (χ4n) is 2.65. The third-order valence-electron chi connectivity index (χ3n) is 3.94. The fourth-order valence-corrected chi connectivity index (χ4v) is 3.52. The molecule has 3 nitrogen and oxygen atoms in total. The van der Waals surface area contributed by atoms with Crippen molar-refractivity contribution in [1.82, 2.24) is 4.98 Å². The first kappa shape index (κ1) is 14.3. The summed E-state index contributed by atoms with van der Waals surface area (Å²) in [5.41, 5.74) is 4.49. The summed E-state index contributed by atoms with van der Waals surface area (Å²) in [6, 6.07) is 6.07. The summed E-state index contributed by atoms with van der Waals surface area (Å²) in [6.45, 7) is 4.20. The molecule has 0 radical (unpaired) electrons. The third kappa shape index (κ3) is 3.16. The minimum absolute atomic E-state index is 0.0620. The standard InChI is InChI=1S/C17H20N2OS/c1-11(2)15-10-21-17(18-15)19-16(20)14-8-7-12-5-3-4-6-13(12)9-14/h7-11H,3-6H2,1-2H3,(H,18,19,20). The van der Waals surface area contributed by atoms with Crippen LogP contribution in [0.5, 0.6) is 0 Å². The van der Waals surface area contributed by atoms with Crippen molar-refractivity contribution in [2.24, 2.45) is 0 Å². The van der Waals surface area contributed by atoms with E-state index in [1.165, 1.54) is 35.3 Å². The van der Waals surface area contributed by atoms with E-state index in [2.05, 4.69) is 30.2 Å². The summed E-state index contributed by atoms with van der Waals surface area (Å²) < 4.78 is 0. The van der Waals surface area contributed by atoms with Gasteiger partial charge < -0.3 is 0 Å². The lowest BCUT2D eigenvalue weighted by molar-refractivity contribution is 0.102. The molecule has 2 aromatic rings. The maximum absolute atomic E-state index is 12.3. The molecule has 0 bridgehead atoms. The molecule has 1 N–H and O–H groups in total. The number of amides is 1. The third-order valence-corrected chi connectivity index (χ3v) is 4.72. The second-order valence-electron chi connectivity index (χ2n) is 5.88. The smallest absolute Gasteiger partial charge is 0.257 e. The molecule has 110 valence electrons. The molecular formula is C17H20N2OS. The number of hydrogen-bond acceptors (Lipinski definition) is 3. The lowest BCUT2D eigenvalue weighted by Gasteiger charge is -2.16. The van der Waals surface area contributed by atoms with Crippen LogP contribution in [0.3, 0.4) is 0 Å². The lowest BCUT2D eigenvalue weighted by Crippen LogP contribution is -2.13. The van der Waals surface area contributed by atoms with E-state index in [-0.39, 0.29) is 5.91 Å². The average Bonchev–Trinajstić information content (AvgIpc) is 2.95. The Balaban J connectivity index is 1.75. The first-order chi connectivity index (χ1) is 10.1. The van der Waals surface area contributed by atoms with E-state index in [0.717, 1.165) is 24.1 Å². The predicted molar refractivity (Wildman–Crippen MR) is 87.2 cm³/mol. The molecule has 1 aliphatic rings. The van der Waals surface area contributed by atoms with Gasteiger partial charge in [-0.25, -0.2) is 4.98 Å². The Hall–Kier alpha value is -1.68. The van der Waals surface area contributed by atoms with Crippen molar-refractivity contribution in [1.29, 1.82) is 0 Å². The monoisotopic (exact) mass is 300 g/mol. The topological polar surface area (TPSA) is 42.0 Å². The number of aromatic nitrogens is 1. The van der Waals surface area contributed by atoms with E-state index in [4.69, 9.17) is 0 Å². The number of rotatable bonds is 3. The SMILES string of the molecule is CC(C)c1csc(NC(=O)c2ccc3c(c2)CCCC3)n1. The summed E-state index contributed by atoms with van der Waals surface area (Å²) in [5.74, 6) is 0.323. The maximum atomic E-state index is 12.3. The number of anilines is 1. The first-order valence-corrected chi connectivity index (χ1v) is 8.40. The van der Waals surface area contributed by atoms with E-state index in [1.54, 1.807) is 0 Å². The van der Waals surface area contributed by atoms with Gasteiger partial charge in [-0.05, 0) is 54.9 Å². The number of fused-ring (bicyclic) bond motifs is 1. The Morgan fingerprint density at radius 3 is 2.71 bits per heavy atom. The Morgan fingerprint density at radius 1 is 1.24 bits per heavy atom. The van der Waals surface area contributed by atoms with Crippen molar-refractivity contribution >= 4 is 22.4 Å². The summed E-state index contributed by atoms with van der Waals surface area (Å²) in [6.07, 6.45) is 4.71. The van der Waals surface area contributed by atoms with Crippen LogP contribution < -0.4 is 5.32 Å². The van der Waals surface area contributed by atoms with Gasteiger partial charge in [-0.2, -0.15) is 0 Å². The van der Waals surface area contributed by atoms with Crippen LogP contribution in [0.2, 0.25) is 0 Å². The molecule has 1 heterocycles. The van der Waals surface area contributed by atoms with Gasteiger partial charge in [0, 0.05) is 10.9 Å². The van der Waals surface area contributed by atoms with E-state index in [0.29, 0.717) is 11.0 Å². The van der Waals surface area contributed by atoms with Crippen LogP contribution in [-0.2, 0) is 12.8 Å². The van der Waals surface area contributed by atoms with E-state index < -0.39 is 0 Å². The van der Waals surface area contributed by atoms with E-state index >= 15 is 0 Å². The maximum Gasteiger partial charge on any atom is 0.257 e. The number of carbonyl (C=O) groups is 1. The van der Waals surface area contributed by atoms with Gasteiger partial charge in [0.2, 0.25) is 0 Å². The average molecular weight is 300 g/mol. The molecule has 0 fully saturated rings. The van der Waals surface area contributed by atoms with Crippen molar-refractivity contribution in [2.45, 2.75) is 45.4 Å². The Morgan fingerprint density at radius 2 is 2.00 bits per heavy atom. The number of thiazole rings is 1. The van der Waals surface area contributed by atoms with Gasteiger partial charge in [0.15, 0.2) is 5.13 Å². The van der Waals surface area contributed by atoms with Crippen molar-refractivity contribution in [3.05, 3.63) is 46.0 Å². The molecule has 21 heavy (non-hydrogen) atoms. The van der Waals surface area contributed by atoms with Gasteiger partial charge in [0.05, 0.1) is 5.69 Å². The minimum atomic E-state index is -0.0620. The quantitative estimate of drug-likeness (QED) is 0.913. The van der Waals surface area contributed by atoms with E-state index in [9.17, 15) is 4.79 Å². The lowest BCUT2D eigenvalue weighted by atomic mass is 9.90. The second kappa shape index (κ2) is 5.98. The second-order valence-corrected chi connectivity index (χ2v) is 6.74. The Labute approximate surface area is 129 Å². The van der Waals surface area contributed by atoms with Crippen LogP contribution in [0.4, 0.5) is 5.13 Å². The Kier molecular flexibility index (Phi) is 4.06. The summed E-state index contributed by atoms with van der Waals surface area (Å²) in [5, 5.41) is 5.60. The van der Waals surface area contributed by atoms with Crippen molar-refractivity contribution < 1.29 is 4.79 Å². The summed E-state index contributed by atoms with van der Waals surface area (Å²) in [7, 11) is 0. The molecule has 1 amide bonds. The number of nitrogens with zero attached hydrogens (tertiary/aromatic N) is 1. The fraction of sp³-hybridized carbons (Fsp3) is 0.412. The number of benzene rings is 1. The van der Waals surface area contributed by atoms with E-state index in [1.807, 2.05) is 17.5 Å². The highest BCUT2D eigenvalue weighted by Gasteiger charge is 2.14. The molecule has 4 heteroatoms. The zero-order valence-electron chi connectivity index (χ0n) is 12.5. The molecule has 0 unspecified atom stereocenters. The molecule has 0 spiro atoms. The van der Waals surface area contributed by atoms with Crippen LogP contribution in [0.15, 0.2) is 23.6 Å². The van der Waals surface area contributed by atoms with Crippen LogP contribution in [0.25, 0.3) is 0 Å². The summed E-state index contributed by atoms with van der Waals surface area (Å²) >= 11 is 1.49. The molecule has 0 aliphatic heterocycles. The van der Waals surface area contributed by atoms with Gasteiger partial charge in [-0.15, -0.1) is 11.3 Å². The highest BCUT2D eigenvalue weighted by molar-refractivity contribution is 7.14. The zero-order chi connectivity index (χ0) is 14.8. The number of aryl methyl sites for hydroxylation is 2. The van der Waals surface area contributed by atoms with Crippen LogP contribution in [0.1, 0.15) is 59.8 Å². The van der Waals surface area contributed by atoms with Crippen molar-refractivity contribution in [3.63, 3.8) is 0 Å². The first-order valence-electron chi connectivity index (χ1n) is 7.52. The molecule has 0 saturated heterocycles. The summed E-state index contributed by atoms with van der Waals surface area (Å²) in [4.78, 5) is 16.8. The normalized spacial score (nSPS) is 14.0. The molecule has 1 aromatic heterocycles. The molecule has 0 saturated carbocycles. The van der Waals surface area contributed by atoms with Crippen LogP contribution in [-0.4, -0.2) is 10.9 Å². The molecule has 1 aromatic carbocycles. The van der Waals surface area contributed by atoms with Gasteiger partial charge >= 0.3 is 0 Å². The zero-order valence-corrected chi connectivity index (χ0v) is 13.3. The number of hydrogen-bond donors (Lipinski definition) is 1. The minimum Gasteiger partial charge on any atom is -0.298 e. The molecular weight excluding hydrogens is 280 g/mol. The van der Waals surface area contributed by atoms with Gasteiger partial charge in [-0.3, -0.25) is 10.1 Å². The predicted octanol–water partition coefficient (Wildman–Crippen LogP) is 4.40. The molecule has 1 aliphatic carbocycles. The van der Waals surface area contributed by atoms with Crippen LogP contribution in [0, 0.1) is 0 Å². The largest absolute Gasteiger partial charge is 0.298 e. The molecule has 0 atom stereocenters. The van der Waals surface area contributed by atoms with Crippen molar-refractivity contribution in [3.8, 4) is 0 Å². The van der Waals surface area contributed by atoms with Gasteiger partial charge in [-0.1, -0.05) is 19.9 Å².